The van der Waals surface area contributed by atoms with E-state index >= 15 is 0 Å². The average Bonchev–Trinajstić information content (AvgIpc) is 2.83. The molecule has 1 aliphatic heterocycles. The lowest BCUT2D eigenvalue weighted by Gasteiger charge is -2.46. The standard InChI is InChI=1S/C11H11F6NO/c1-2-8(19)18-7-4-3-6(5-7)9(18,10(12,13)14)11(15,16)17/h3-4,6-7H,2,5H2,1H3/t6-,7+/m1/s1. The van der Waals surface area contributed by atoms with E-state index in [0.717, 1.165) is 6.08 Å². The summed E-state index contributed by atoms with van der Waals surface area (Å²) in [6, 6.07) is -1.12. The van der Waals surface area contributed by atoms with Crippen molar-refractivity contribution in [1.82, 2.24) is 4.90 Å². The van der Waals surface area contributed by atoms with Crippen LogP contribution < -0.4 is 0 Å². The number of fused-ring (bicyclic) bond motifs is 2. The van der Waals surface area contributed by atoms with Crippen molar-refractivity contribution < 1.29 is 31.1 Å². The third-order valence-corrected chi connectivity index (χ3v) is 3.74. The smallest absolute Gasteiger partial charge is 0.313 e. The third-order valence-electron chi connectivity index (χ3n) is 3.74. The molecule has 0 spiro atoms. The minimum absolute atomic E-state index is 0.0162. The Hall–Kier alpha value is -1.21. The van der Waals surface area contributed by atoms with Crippen LogP contribution in [0, 0.1) is 5.92 Å². The SMILES string of the molecule is CCC(=O)N1[C@H]2C=C[C@H](C2)C1(C(F)(F)F)C(F)(F)F. The summed E-state index contributed by atoms with van der Waals surface area (Å²) in [5.74, 6) is -2.89. The van der Waals surface area contributed by atoms with Crippen LogP contribution in [0.2, 0.25) is 0 Å². The minimum atomic E-state index is -5.56. The summed E-state index contributed by atoms with van der Waals surface area (Å²) in [4.78, 5) is 11.6. The van der Waals surface area contributed by atoms with Gasteiger partial charge in [-0.2, -0.15) is 26.3 Å². The molecule has 19 heavy (non-hydrogen) atoms. The molecule has 8 heteroatoms. The van der Waals surface area contributed by atoms with Gasteiger partial charge in [-0.15, -0.1) is 0 Å². The molecule has 0 N–H and O–H groups in total. The second-order valence-electron chi connectivity index (χ2n) is 4.67. The first-order valence-electron chi connectivity index (χ1n) is 5.71. The first-order valence-corrected chi connectivity index (χ1v) is 5.71. The molecule has 2 rings (SSSR count). The number of nitrogens with zero attached hydrogens (tertiary/aromatic N) is 1. The molecule has 1 amide bonds. The molecule has 108 valence electrons. The van der Waals surface area contributed by atoms with Crippen LogP contribution in [0.25, 0.3) is 0 Å². The molecule has 2 atom stereocenters. The Balaban J connectivity index is 2.64. The summed E-state index contributed by atoms with van der Waals surface area (Å²) in [6.07, 6.45) is -9.67. The molecule has 0 saturated carbocycles. The molecule has 2 nitrogen and oxygen atoms in total. The van der Waals surface area contributed by atoms with Gasteiger partial charge >= 0.3 is 12.4 Å². The average molecular weight is 287 g/mol. The van der Waals surface area contributed by atoms with Crippen LogP contribution >= 0.6 is 0 Å². The summed E-state index contributed by atoms with van der Waals surface area (Å²) >= 11 is 0. The van der Waals surface area contributed by atoms with Crippen molar-refractivity contribution in [2.24, 2.45) is 5.92 Å². The lowest BCUT2D eigenvalue weighted by Crippen LogP contribution is -2.70. The Morgan fingerprint density at radius 2 is 1.74 bits per heavy atom. The maximum Gasteiger partial charge on any atom is 0.421 e. The maximum atomic E-state index is 13.2. The van der Waals surface area contributed by atoms with E-state index in [2.05, 4.69) is 0 Å². The van der Waals surface area contributed by atoms with Crippen molar-refractivity contribution in [3.8, 4) is 0 Å². The topological polar surface area (TPSA) is 20.3 Å². The van der Waals surface area contributed by atoms with Crippen LogP contribution in [0.5, 0.6) is 0 Å². The number of hydrogen-bond acceptors (Lipinski definition) is 1. The zero-order valence-electron chi connectivity index (χ0n) is 9.85. The predicted octanol–water partition coefficient (Wildman–Crippen LogP) is 3.05. The largest absolute Gasteiger partial charge is 0.421 e. The molecular formula is C11H11F6NO. The van der Waals surface area contributed by atoms with Crippen molar-refractivity contribution in [3.05, 3.63) is 12.2 Å². The van der Waals surface area contributed by atoms with E-state index in [1.807, 2.05) is 0 Å². The van der Waals surface area contributed by atoms with Crippen LogP contribution in [-0.2, 0) is 4.79 Å². The second-order valence-corrected chi connectivity index (χ2v) is 4.67. The van der Waals surface area contributed by atoms with E-state index in [-0.39, 0.29) is 11.3 Å². The molecule has 1 fully saturated rings. The zero-order valence-corrected chi connectivity index (χ0v) is 9.85. The van der Waals surface area contributed by atoms with E-state index in [1.54, 1.807) is 0 Å². The van der Waals surface area contributed by atoms with Gasteiger partial charge in [-0.3, -0.25) is 4.79 Å². The highest BCUT2D eigenvalue weighted by atomic mass is 19.4. The summed E-state index contributed by atoms with van der Waals surface area (Å²) in [5, 5.41) is 0. The van der Waals surface area contributed by atoms with Gasteiger partial charge in [0.05, 0.1) is 6.04 Å². The number of halogens is 6. The van der Waals surface area contributed by atoms with E-state index in [0.29, 0.717) is 0 Å². The first kappa shape index (κ1) is 14.2. The Morgan fingerprint density at radius 3 is 2.16 bits per heavy atom. The highest BCUT2D eigenvalue weighted by molar-refractivity contribution is 5.79. The van der Waals surface area contributed by atoms with Crippen molar-refractivity contribution in [2.45, 2.75) is 43.7 Å². The van der Waals surface area contributed by atoms with Crippen molar-refractivity contribution >= 4 is 5.91 Å². The van der Waals surface area contributed by atoms with Crippen molar-refractivity contribution in [1.29, 1.82) is 0 Å². The van der Waals surface area contributed by atoms with Crippen molar-refractivity contribution in [3.63, 3.8) is 0 Å². The molecule has 2 bridgehead atoms. The van der Waals surface area contributed by atoms with Gasteiger partial charge in [0.1, 0.15) is 0 Å². The molecule has 0 radical (unpaired) electrons. The third kappa shape index (κ3) is 1.61. The fourth-order valence-corrected chi connectivity index (χ4v) is 3.03. The molecule has 1 saturated heterocycles. The Bertz CT molecular complexity index is 410. The zero-order chi connectivity index (χ0) is 14.6. The molecule has 0 aromatic rings. The number of likely N-dealkylation sites (tertiary alicyclic amines) is 1. The molecule has 0 unspecified atom stereocenters. The van der Waals surface area contributed by atoms with Crippen LogP contribution in [0.1, 0.15) is 19.8 Å². The van der Waals surface area contributed by atoms with E-state index in [4.69, 9.17) is 0 Å². The molecule has 1 heterocycles. The van der Waals surface area contributed by atoms with Gasteiger partial charge in [-0.05, 0) is 6.42 Å². The normalized spacial score (nSPS) is 29.1. The van der Waals surface area contributed by atoms with Crippen LogP contribution in [0.3, 0.4) is 0 Å². The Labute approximate surface area is 105 Å². The van der Waals surface area contributed by atoms with Crippen LogP contribution in [0.4, 0.5) is 26.3 Å². The van der Waals surface area contributed by atoms with Crippen LogP contribution in [-0.4, -0.2) is 34.7 Å². The van der Waals surface area contributed by atoms with E-state index in [1.165, 1.54) is 13.0 Å². The highest BCUT2D eigenvalue weighted by Crippen LogP contribution is 2.60. The number of carbonyl (C=O) groups excluding carboxylic acids is 1. The summed E-state index contributed by atoms with van der Waals surface area (Å²) in [6.45, 7) is 1.25. The summed E-state index contributed by atoms with van der Waals surface area (Å²) in [5.41, 5.74) is -4.08. The summed E-state index contributed by atoms with van der Waals surface area (Å²) in [7, 11) is 0. The second kappa shape index (κ2) is 3.89. The lowest BCUT2D eigenvalue weighted by molar-refractivity contribution is -0.339. The van der Waals surface area contributed by atoms with Gasteiger partial charge in [0, 0.05) is 12.3 Å². The van der Waals surface area contributed by atoms with Gasteiger partial charge in [0.25, 0.3) is 0 Å². The Morgan fingerprint density at radius 1 is 1.21 bits per heavy atom. The van der Waals surface area contributed by atoms with Crippen molar-refractivity contribution in [2.75, 3.05) is 0 Å². The number of amides is 1. The fraction of sp³-hybridized carbons (Fsp3) is 0.727. The lowest BCUT2D eigenvalue weighted by atomic mass is 9.83. The predicted molar refractivity (Wildman–Crippen MR) is 53.0 cm³/mol. The highest BCUT2D eigenvalue weighted by Gasteiger charge is 2.81. The quantitative estimate of drug-likeness (QED) is 0.536. The number of alkyl halides is 6. The van der Waals surface area contributed by atoms with Gasteiger partial charge in [0.2, 0.25) is 11.4 Å². The molecular weight excluding hydrogens is 276 g/mol. The fourth-order valence-electron chi connectivity index (χ4n) is 3.03. The van der Waals surface area contributed by atoms with Gasteiger partial charge < -0.3 is 4.90 Å². The maximum absolute atomic E-state index is 13.2. The number of hydrogen-bond donors (Lipinski definition) is 0. The molecule has 1 aliphatic carbocycles. The summed E-state index contributed by atoms with van der Waals surface area (Å²) < 4.78 is 79.0. The Kier molecular flexibility index (Phi) is 2.91. The van der Waals surface area contributed by atoms with Gasteiger partial charge in [-0.25, -0.2) is 0 Å². The van der Waals surface area contributed by atoms with E-state index < -0.39 is 42.2 Å². The minimum Gasteiger partial charge on any atom is -0.313 e. The monoisotopic (exact) mass is 287 g/mol. The van der Waals surface area contributed by atoms with E-state index in [9.17, 15) is 31.1 Å². The van der Waals surface area contributed by atoms with Gasteiger partial charge in [0.15, 0.2) is 0 Å². The molecule has 0 aromatic heterocycles. The molecule has 2 aliphatic rings. The number of rotatable bonds is 1. The first-order chi connectivity index (χ1) is 8.57. The number of carbonyl (C=O) groups is 1. The molecule has 0 aromatic carbocycles. The van der Waals surface area contributed by atoms with Crippen LogP contribution in [0.15, 0.2) is 12.2 Å². The van der Waals surface area contributed by atoms with Gasteiger partial charge in [-0.1, -0.05) is 19.1 Å².